The van der Waals surface area contributed by atoms with Crippen LogP contribution >= 0.6 is 0 Å². The molecule has 1 spiro atoms. The summed E-state index contributed by atoms with van der Waals surface area (Å²) >= 11 is 0. The van der Waals surface area contributed by atoms with Crippen LogP contribution in [0, 0.1) is 46.3 Å². The van der Waals surface area contributed by atoms with Crippen molar-refractivity contribution in [1.82, 2.24) is 0 Å². The number of halogens is 1. The third-order valence-electron chi connectivity index (χ3n) is 12.0. The number of nitrogens with zero attached hydrogens (tertiary/aromatic N) is 1. The Morgan fingerprint density at radius 1 is 0.973 bits per heavy atom. The van der Waals surface area contributed by atoms with Crippen molar-refractivity contribution in [3.8, 4) is 0 Å². The highest BCUT2D eigenvalue weighted by Gasteiger charge is 2.61. The summed E-state index contributed by atoms with van der Waals surface area (Å²) < 4.78 is 14.1. The lowest BCUT2D eigenvalue weighted by Gasteiger charge is -2.59. The van der Waals surface area contributed by atoms with E-state index in [1.807, 2.05) is 0 Å². The first-order chi connectivity index (χ1) is 16.9. The summed E-state index contributed by atoms with van der Waals surface area (Å²) in [6.45, 7) is 14.5. The van der Waals surface area contributed by atoms with Gasteiger partial charge in [-0.05, 0) is 84.9 Å². The van der Waals surface area contributed by atoms with Gasteiger partial charge in [-0.2, -0.15) is 0 Å². The van der Waals surface area contributed by atoms with Gasteiger partial charge in [-0.25, -0.2) is 0 Å². The molecule has 1 aliphatic heterocycles. The molecule has 3 nitrogen and oxygen atoms in total. The topological polar surface area (TPSA) is 18.5 Å². The van der Waals surface area contributed by atoms with Gasteiger partial charge >= 0.3 is 0 Å². The van der Waals surface area contributed by atoms with Crippen molar-refractivity contribution in [2.45, 2.75) is 117 Å². The first-order valence-electron chi connectivity index (χ1n) is 15.7. The fraction of sp³-hybridized carbons (Fsp3) is 0.939. The van der Waals surface area contributed by atoms with Crippen LogP contribution in [0.4, 0.5) is 0 Å². The molecule has 9 atom stereocenters. The van der Waals surface area contributed by atoms with Crippen LogP contribution in [0.25, 0.3) is 0 Å². The van der Waals surface area contributed by atoms with Gasteiger partial charge in [0.1, 0.15) is 12.6 Å². The molecule has 1 heterocycles. The fourth-order valence-electron chi connectivity index (χ4n) is 10.2. The normalized spacial score (nSPS) is 44.1. The smallest absolute Gasteiger partial charge is 0.172 e. The summed E-state index contributed by atoms with van der Waals surface area (Å²) in [5, 5.41) is 0. The van der Waals surface area contributed by atoms with E-state index in [2.05, 4.69) is 61.8 Å². The first kappa shape index (κ1) is 30.3. The molecule has 214 valence electrons. The third kappa shape index (κ3) is 5.75. The second kappa shape index (κ2) is 11.0. The Morgan fingerprint density at radius 3 is 2.43 bits per heavy atom. The van der Waals surface area contributed by atoms with E-state index in [9.17, 15) is 0 Å². The van der Waals surface area contributed by atoms with Crippen LogP contribution in [-0.2, 0) is 9.47 Å². The van der Waals surface area contributed by atoms with Crippen molar-refractivity contribution in [1.29, 1.82) is 0 Å². The predicted molar refractivity (Wildman–Crippen MR) is 150 cm³/mol. The predicted octanol–water partition coefficient (Wildman–Crippen LogP) is 4.85. The molecule has 0 N–H and O–H groups in total. The minimum Gasteiger partial charge on any atom is -1.00 e. The highest BCUT2D eigenvalue weighted by Crippen LogP contribution is 2.68. The summed E-state index contributed by atoms with van der Waals surface area (Å²) in [7, 11) is 6.77. The zero-order valence-corrected chi connectivity index (χ0v) is 27.6. The summed E-state index contributed by atoms with van der Waals surface area (Å²) in [4.78, 5) is 0. The molecule has 5 aliphatic rings. The molecule has 2 unspecified atom stereocenters. The van der Waals surface area contributed by atoms with Gasteiger partial charge in [0.2, 0.25) is 0 Å². The quantitative estimate of drug-likeness (QED) is 0.229. The van der Waals surface area contributed by atoms with E-state index in [1.54, 1.807) is 5.57 Å². The Labute approximate surface area is 246 Å². The largest absolute Gasteiger partial charge is 1.00 e. The van der Waals surface area contributed by atoms with E-state index in [0.717, 1.165) is 66.0 Å². The summed E-state index contributed by atoms with van der Waals surface area (Å²) in [5.74, 6) is 5.05. The molecule has 0 aromatic carbocycles. The molecule has 0 aromatic rings. The highest BCUT2D eigenvalue weighted by atomic mass is 127. The molecule has 0 bridgehead atoms. The monoisotopic (exact) mass is 627 g/mol. The Kier molecular flexibility index (Phi) is 8.99. The van der Waals surface area contributed by atoms with E-state index in [4.69, 9.17) is 9.47 Å². The number of rotatable bonds is 7. The van der Waals surface area contributed by atoms with E-state index < -0.39 is 0 Å². The number of hydrogen-bond donors (Lipinski definition) is 0. The standard InChI is InChI=1S/C33H58NO2.HI/c1-23(2)10-9-11-24(3)28-14-15-29-27-13-12-25-20-33(35-22-26(36-33)21-34(6,7)8)19-18-31(25,4)30(27)16-17-32(28,29)5;/h12,23-24,26-30H,9-11,13-22H2,1-8H3;1H/q+1;/p-1/t24-,26?,27+,28-,29+,30+,31+,32-,33?;/m1./s1. The molecule has 5 rings (SSSR count). The van der Waals surface area contributed by atoms with Gasteiger partial charge in [0.15, 0.2) is 5.79 Å². The number of allylic oxidation sites excluding steroid dienone is 1. The van der Waals surface area contributed by atoms with Gasteiger partial charge < -0.3 is 37.9 Å². The van der Waals surface area contributed by atoms with E-state index in [-0.39, 0.29) is 35.9 Å². The van der Waals surface area contributed by atoms with Gasteiger partial charge in [-0.3, -0.25) is 0 Å². The third-order valence-corrected chi connectivity index (χ3v) is 12.0. The first-order valence-corrected chi connectivity index (χ1v) is 15.7. The maximum absolute atomic E-state index is 6.69. The lowest BCUT2D eigenvalue weighted by Crippen LogP contribution is -3.00. The van der Waals surface area contributed by atoms with Crippen LogP contribution in [0.3, 0.4) is 0 Å². The van der Waals surface area contributed by atoms with Crippen LogP contribution in [0.2, 0.25) is 0 Å². The highest BCUT2D eigenvalue weighted by molar-refractivity contribution is 5.26. The summed E-state index contributed by atoms with van der Waals surface area (Å²) in [6.07, 6.45) is 17.7. The van der Waals surface area contributed by atoms with Crippen molar-refractivity contribution in [2.24, 2.45) is 46.3 Å². The van der Waals surface area contributed by atoms with Gasteiger partial charge in [0, 0.05) is 12.8 Å². The van der Waals surface area contributed by atoms with Gasteiger partial charge in [0.05, 0.1) is 27.7 Å². The maximum atomic E-state index is 6.69. The molecule has 1 saturated heterocycles. The number of hydrogen-bond acceptors (Lipinski definition) is 2. The van der Waals surface area contributed by atoms with Crippen LogP contribution in [0.15, 0.2) is 11.6 Å². The Hall–Kier alpha value is 0.350. The Balaban J connectivity index is 0.00000320. The van der Waals surface area contributed by atoms with Crippen LogP contribution in [-0.4, -0.2) is 50.7 Å². The molecule has 0 aromatic heterocycles. The number of likely N-dealkylation sites (N-methyl/N-ethyl adjacent to an activating group) is 1. The molecular formula is C33H58INO2. The zero-order valence-electron chi connectivity index (χ0n) is 25.5. The van der Waals surface area contributed by atoms with E-state index in [0.29, 0.717) is 10.8 Å². The minimum atomic E-state index is -0.342. The average Bonchev–Trinajstić information content (AvgIpc) is 3.33. The average molecular weight is 628 g/mol. The lowest BCUT2D eigenvalue weighted by atomic mass is 9.46. The number of ether oxygens (including phenoxy) is 2. The molecule has 0 amide bonds. The van der Waals surface area contributed by atoms with Crippen LogP contribution < -0.4 is 24.0 Å². The SMILES string of the molecule is CC(C)CCC[C@@H](C)[C@H]1CC[C@H]2[C@@H]3CC=C4CC5(CC[C@]4(C)[C@H]3CC[C@]12C)OCC(C[N+](C)(C)C)O5.[I-]. The van der Waals surface area contributed by atoms with E-state index >= 15 is 0 Å². The Bertz CT molecular complexity index is 835. The molecule has 4 aliphatic carbocycles. The molecular weight excluding hydrogens is 569 g/mol. The molecule has 0 radical (unpaired) electrons. The molecule has 4 fully saturated rings. The van der Waals surface area contributed by atoms with Gasteiger partial charge in [-0.15, -0.1) is 0 Å². The second-order valence-electron chi connectivity index (χ2n) is 15.9. The molecule has 4 heteroatoms. The Morgan fingerprint density at radius 2 is 1.73 bits per heavy atom. The van der Waals surface area contributed by atoms with Crippen LogP contribution in [0.5, 0.6) is 0 Å². The van der Waals surface area contributed by atoms with Gasteiger partial charge in [0.25, 0.3) is 0 Å². The maximum Gasteiger partial charge on any atom is 0.172 e. The summed E-state index contributed by atoms with van der Waals surface area (Å²) in [5.41, 5.74) is 2.62. The van der Waals surface area contributed by atoms with Crippen molar-refractivity contribution >= 4 is 0 Å². The molecule has 3 saturated carbocycles. The van der Waals surface area contributed by atoms with Gasteiger partial charge in [-0.1, -0.05) is 65.5 Å². The lowest BCUT2D eigenvalue weighted by molar-refractivity contribution is -0.873. The number of fused-ring (bicyclic) bond motifs is 5. The molecule has 37 heavy (non-hydrogen) atoms. The van der Waals surface area contributed by atoms with Crippen LogP contribution in [0.1, 0.15) is 105 Å². The second-order valence-corrected chi connectivity index (χ2v) is 15.9. The minimum absolute atomic E-state index is 0. The van der Waals surface area contributed by atoms with Crippen molar-refractivity contribution < 1.29 is 37.9 Å². The zero-order chi connectivity index (χ0) is 25.9. The van der Waals surface area contributed by atoms with Crippen molar-refractivity contribution in [3.63, 3.8) is 0 Å². The van der Waals surface area contributed by atoms with Crippen molar-refractivity contribution in [2.75, 3.05) is 34.3 Å². The number of quaternary nitrogens is 1. The fourth-order valence-corrected chi connectivity index (χ4v) is 10.2. The van der Waals surface area contributed by atoms with Crippen molar-refractivity contribution in [3.05, 3.63) is 11.6 Å². The summed E-state index contributed by atoms with van der Waals surface area (Å²) in [6, 6.07) is 0. The van der Waals surface area contributed by atoms with E-state index in [1.165, 1.54) is 57.8 Å².